The van der Waals surface area contributed by atoms with Gasteiger partial charge in [0.25, 0.3) is 0 Å². The minimum atomic E-state index is -0.279. The van der Waals surface area contributed by atoms with Crippen molar-refractivity contribution in [2.24, 2.45) is 5.92 Å². The van der Waals surface area contributed by atoms with E-state index in [0.717, 1.165) is 5.56 Å². The number of benzene rings is 1. The third-order valence-electron chi connectivity index (χ3n) is 2.56. The zero-order valence-corrected chi connectivity index (χ0v) is 8.91. The minimum Gasteiger partial charge on any atom is -0.381 e. The first-order valence-corrected chi connectivity index (χ1v) is 5.33. The van der Waals surface area contributed by atoms with Crippen LogP contribution in [-0.4, -0.2) is 19.1 Å². The van der Waals surface area contributed by atoms with Crippen molar-refractivity contribution in [3.8, 4) is 0 Å². The van der Waals surface area contributed by atoms with Crippen LogP contribution in [0.5, 0.6) is 0 Å². The lowest BCUT2D eigenvalue weighted by Crippen LogP contribution is -2.34. The summed E-state index contributed by atoms with van der Waals surface area (Å²) in [5, 5.41) is 2.76. The summed E-state index contributed by atoms with van der Waals surface area (Å²) in [5.74, 6) is 0.0733. The molecule has 0 aromatic heterocycles. The highest BCUT2D eigenvalue weighted by Gasteiger charge is 2.21. The molecule has 0 spiro atoms. The van der Waals surface area contributed by atoms with Crippen molar-refractivity contribution >= 4 is 5.91 Å². The number of hydrogen-bond donors (Lipinski definition) is 1. The van der Waals surface area contributed by atoms with Gasteiger partial charge in [0.2, 0.25) is 5.91 Å². The average Bonchev–Trinajstić information content (AvgIpc) is 2.21. The fraction of sp³-hybridized carbons (Fsp3) is 0.417. The smallest absolute Gasteiger partial charge is 0.220 e. The van der Waals surface area contributed by atoms with E-state index in [0.29, 0.717) is 32.1 Å². The molecule has 0 bridgehead atoms. The van der Waals surface area contributed by atoms with Crippen molar-refractivity contribution < 1.29 is 13.9 Å². The normalized spacial score (nSPS) is 15.6. The molecule has 1 aromatic rings. The van der Waals surface area contributed by atoms with Crippen LogP contribution in [0.25, 0.3) is 0 Å². The molecule has 0 saturated carbocycles. The molecule has 1 aliphatic rings. The van der Waals surface area contributed by atoms with Gasteiger partial charge in [0.05, 0.1) is 13.2 Å². The Balaban J connectivity index is 1.75. The van der Waals surface area contributed by atoms with Crippen molar-refractivity contribution in [1.82, 2.24) is 5.32 Å². The fourth-order valence-corrected chi connectivity index (χ4v) is 1.58. The molecule has 86 valence electrons. The van der Waals surface area contributed by atoms with Gasteiger partial charge in [-0.25, -0.2) is 4.39 Å². The van der Waals surface area contributed by atoms with Gasteiger partial charge in [-0.15, -0.1) is 0 Å². The van der Waals surface area contributed by atoms with E-state index >= 15 is 0 Å². The SMILES string of the molecule is O=C(CC1COC1)NCc1cccc(F)c1. The fourth-order valence-electron chi connectivity index (χ4n) is 1.58. The zero-order chi connectivity index (χ0) is 11.4. The third-order valence-corrected chi connectivity index (χ3v) is 2.56. The van der Waals surface area contributed by atoms with Gasteiger partial charge in [-0.05, 0) is 17.7 Å². The molecule has 1 amide bonds. The van der Waals surface area contributed by atoms with Gasteiger partial charge >= 0.3 is 0 Å². The predicted octanol–water partition coefficient (Wildman–Crippen LogP) is 1.48. The number of halogens is 1. The molecule has 1 N–H and O–H groups in total. The lowest BCUT2D eigenvalue weighted by Gasteiger charge is -2.25. The molecule has 0 radical (unpaired) electrons. The van der Waals surface area contributed by atoms with Crippen molar-refractivity contribution in [2.45, 2.75) is 13.0 Å². The van der Waals surface area contributed by atoms with Crippen molar-refractivity contribution in [1.29, 1.82) is 0 Å². The van der Waals surface area contributed by atoms with Crippen LogP contribution in [0.15, 0.2) is 24.3 Å². The Morgan fingerprint density at radius 2 is 2.31 bits per heavy atom. The van der Waals surface area contributed by atoms with Crippen LogP contribution in [-0.2, 0) is 16.1 Å². The number of ether oxygens (including phenoxy) is 1. The van der Waals surface area contributed by atoms with Crippen LogP contribution in [0.1, 0.15) is 12.0 Å². The summed E-state index contributed by atoms with van der Waals surface area (Å²) in [6.07, 6.45) is 0.495. The molecule has 2 rings (SSSR count). The second-order valence-corrected chi connectivity index (χ2v) is 4.01. The third kappa shape index (κ3) is 3.03. The Kier molecular flexibility index (Phi) is 3.51. The van der Waals surface area contributed by atoms with Crippen molar-refractivity contribution in [3.63, 3.8) is 0 Å². The van der Waals surface area contributed by atoms with Gasteiger partial charge in [0.1, 0.15) is 5.82 Å². The van der Waals surface area contributed by atoms with Gasteiger partial charge in [0, 0.05) is 18.9 Å². The summed E-state index contributed by atoms with van der Waals surface area (Å²) in [5.41, 5.74) is 0.776. The summed E-state index contributed by atoms with van der Waals surface area (Å²) in [6.45, 7) is 1.73. The summed E-state index contributed by atoms with van der Waals surface area (Å²) >= 11 is 0. The van der Waals surface area contributed by atoms with E-state index in [-0.39, 0.29) is 11.7 Å². The molecule has 1 aromatic carbocycles. The van der Waals surface area contributed by atoms with Gasteiger partial charge in [-0.3, -0.25) is 4.79 Å². The Morgan fingerprint density at radius 1 is 1.50 bits per heavy atom. The van der Waals surface area contributed by atoms with Crippen LogP contribution in [0.2, 0.25) is 0 Å². The Labute approximate surface area is 93.6 Å². The number of rotatable bonds is 4. The van der Waals surface area contributed by atoms with Crippen LogP contribution in [0, 0.1) is 11.7 Å². The summed E-state index contributed by atoms with van der Waals surface area (Å²) < 4.78 is 17.8. The molecule has 1 saturated heterocycles. The Bertz CT molecular complexity index is 377. The van der Waals surface area contributed by atoms with E-state index in [1.54, 1.807) is 12.1 Å². The van der Waals surface area contributed by atoms with Gasteiger partial charge in [-0.1, -0.05) is 12.1 Å². The number of amides is 1. The maximum absolute atomic E-state index is 12.8. The van der Waals surface area contributed by atoms with E-state index in [2.05, 4.69) is 5.32 Å². The van der Waals surface area contributed by atoms with Gasteiger partial charge in [0.15, 0.2) is 0 Å². The Morgan fingerprint density at radius 3 is 2.94 bits per heavy atom. The highest BCUT2D eigenvalue weighted by atomic mass is 19.1. The standard InChI is InChI=1S/C12H14FNO2/c13-11-3-1-2-9(4-11)6-14-12(15)5-10-7-16-8-10/h1-4,10H,5-8H2,(H,14,15). The first kappa shape index (κ1) is 11.1. The van der Waals surface area contributed by atoms with Gasteiger partial charge < -0.3 is 10.1 Å². The van der Waals surface area contributed by atoms with Crippen LogP contribution >= 0.6 is 0 Å². The number of nitrogens with one attached hydrogen (secondary N) is 1. The summed E-state index contributed by atoms with van der Waals surface area (Å²) in [7, 11) is 0. The first-order valence-electron chi connectivity index (χ1n) is 5.33. The van der Waals surface area contributed by atoms with E-state index in [4.69, 9.17) is 4.74 Å². The highest BCUT2D eigenvalue weighted by Crippen LogP contribution is 2.13. The van der Waals surface area contributed by atoms with Crippen LogP contribution in [0.4, 0.5) is 4.39 Å². The molecule has 16 heavy (non-hydrogen) atoms. The molecular weight excluding hydrogens is 209 g/mol. The van der Waals surface area contributed by atoms with Gasteiger partial charge in [-0.2, -0.15) is 0 Å². The molecule has 4 heteroatoms. The first-order chi connectivity index (χ1) is 7.74. The highest BCUT2D eigenvalue weighted by molar-refractivity contribution is 5.76. The maximum atomic E-state index is 12.8. The maximum Gasteiger partial charge on any atom is 0.220 e. The molecular formula is C12H14FNO2. The second kappa shape index (κ2) is 5.07. The van der Waals surface area contributed by atoms with E-state index in [9.17, 15) is 9.18 Å². The number of carbonyl (C=O) groups is 1. The van der Waals surface area contributed by atoms with E-state index < -0.39 is 0 Å². The molecule has 0 atom stereocenters. The Hall–Kier alpha value is -1.42. The lowest BCUT2D eigenvalue weighted by molar-refractivity contribution is -0.126. The topological polar surface area (TPSA) is 38.3 Å². The average molecular weight is 223 g/mol. The quantitative estimate of drug-likeness (QED) is 0.839. The minimum absolute atomic E-state index is 0.00226. The molecule has 0 unspecified atom stereocenters. The number of hydrogen-bond acceptors (Lipinski definition) is 2. The van der Waals surface area contributed by atoms with Crippen molar-refractivity contribution in [3.05, 3.63) is 35.6 Å². The van der Waals surface area contributed by atoms with Crippen LogP contribution in [0.3, 0.4) is 0 Å². The molecule has 0 aliphatic carbocycles. The summed E-state index contributed by atoms with van der Waals surface area (Å²) in [6, 6.07) is 6.23. The lowest BCUT2D eigenvalue weighted by atomic mass is 10.0. The molecule has 1 aliphatic heterocycles. The molecule has 3 nitrogen and oxygen atoms in total. The molecule has 1 fully saturated rings. The summed E-state index contributed by atoms with van der Waals surface area (Å²) in [4.78, 5) is 11.4. The predicted molar refractivity (Wildman–Crippen MR) is 57.2 cm³/mol. The van der Waals surface area contributed by atoms with Crippen LogP contribution < -0.4 is 5.32 Å². The van der Waals surface area contributed by atoms with E-state index in [1.165, 1.54) is 12.1 Å². The van der Waals surface area contributed by atoms with Crippen molar-refractivity contribution in [2.75, 3.05) is 13.2 Å². The number of carbonyl (C=O) groups excluding carboxylic acids is 1. The second-order valence-electron chi connectivity index (χ2n) is 4.01. The largest absolute Gasteiger partial charge is 0.381 e. The monoisotopic (exact) mass is 223 g/mol. The van der Waals surface area contributed by atoms with E-state index in [1.807, 2.05) is 0 Å². The molecule has 1 heterocycles. The zero-order valence-electron chi connectivity index (χ0n) is 8.91.